The summed E-state index contributed by atoms with van der Waals surface area (Å²) in [7, 11) is 0. The van der Waals surface area contributed by atoms with E-state index < -0.39 is 0 Å². The van der Waals surface area contributed by atoms with Gasteiger partial charge in [0.15, 0.2) is 5.82 Å². The molecule has 0 aliphatic heterocycles. The minimum Gasteiger partial charge on any atom is -0.278 e. The maximum Gasteiger partial charge on any atom is 0.240 e. The number of benzene rings is 7. The molecular formula is C45H29N5. The van der Waals surface area contributed by atoms with Gasteiger partial charge >= 0.3 is 0 Å². The topological polar surface area (TPSA) is 48.5 Å². The minimum atomic E-state index is 0.567. The van der Waals surface area contributed by atoms with E-state index in [1.165, 1.54) is 5.56 Å². The third-order valence-corrected chi connectivity index (χ3v) is 9.62. The summed E-state index contributed by atoms with van der Waals surface area (Å²) in [5.41, 5.74) is 9.59. The maximum atomic E-state index is 5.31. The Hall–Kier alpha value is -6.85. The van der Waals surface area contributed by atoms with Gasteiger partial charge < -0.3 is 0 Å². The summed E-state index contributed by atoms with van der Waals surface area (Å²) in [6.45, 7) is 0. The van der Waals surface area contributed by atoms with Gasteiger partial charge in [-0.25, -0.2) is 0 Å². The Kier molecular flexibility index (Phi) is 6.42. The normalized spacial score (nSPS) is 11.6. The second-order valence-electron chi connectivity index (χ2n) is 12.5. The van der Waals surface area contributed by atoms with Gasteiger partial charge in [0.25, 0.3) is 0 Å². The fraction of sp³-hybridized carbons (Fsp3) is 0. The first kappa shape index (κ1) is 28.2. The molecule has 0 N–H and O–H groups in total. The van der Waals surface area contributed by atoms with Crippen molar-refractivity contribution in [3.8, 4) is 45.5 Å². The summed E-state index contributed by atoms with van der Waals surface area (Å²) >= 11 is 0. The fourth-order valence-corrected chi connectivity index (χ4v) is 7.38. The van der Waals surface area contributed by atoms with Crippen LogP contribution in [-0.2, 0) is 0 Å². The first-order chi connectivity index (χ1) is 24.8. The van der Waals surface area contributed by atoms with Crippen LogP contribution in [0.5, 0.6) is 0 Å². The Balaban J connectivity index is 1.28. The molecule has 0 bridgehead atoms. The maximum absolute atomic E-state index is 5.31. The number of hydrogen-bond donors (Lipinski definition) is 0. The van der Waals surface area contributed by atoms with Crippen LogP contribution < -0.4 is 0 Å². The first-order valence-electron chi connectivity index (χ1n) is 16.8. The van der Waals surface area contributed by atoms with Gasteiger partial charge in [-0.1, -0.05) is 146 Å². The molecule has 0 saturated carbocycles. The predicted octanol–water partition coefficient (Wildman–Crippen LogP) is 11.1. The van der Waals surface area contributed by atoms with Crippen LogP contribution in [0.15, 0.2) is 176 Å². The zero-order chi connectivity index (χ0) is 33.0. The molecule has 10 aromatic rings. The van der Waals surface area contributed by atoms with Gasteiger partial charge in [-0.3, -0.25) is 9.13 Å². The molecule has 0 fully saturated rings. The quantitative estimate of drug-likeness (QED) is 0.188. The Morgan fingerprint density at radius 3 is 1.22 bits per heavy atom. The average Bonchev–Trinajstić information content (AvgIpc) is 3.71. The molecule has 3 aromatic heterocycles. The van der Waals surface area contributed by atoms with E-state index in [9.17, 15) is 0 Å². The summed E-state index contributed by atoms with van der Waals surface area (Å²) in [5.74, 6) is 1.74. The van der Waals surface area contributed by atoms with E-state index in [0.29, 0.717) is 17.7 Å². The zero-order valence-corrected chi connectivity index (χ0v) is 27.0. The second-order valence-corrected chi connectivity index (χ2v) is 12.5. The van der Waals surface area contributed by atoms with Gasteiger partial charge in [-0.05, 0) is 52.6 Å². The van der Waals surface area contributed by atoms with Crippen molar-refractivity contribution in [2.75, 3.05) is 0 Å². The largest absolute Gasteiger partial charge is 0.278 e. The lowest BCUT2D eigenvalue weighted by molar-refractivity contribution is 0.893. The molecular weight excluding hydrogens is 611 g/mol. The molecule has 234 valence electrons. The van der Waals surface area contributed by atoms with E-state index in [1.54, 1.807) is 0 Å². The van der Waals surface area contributed by atoms with Gasteiger partial charge in [-0.2, -0.15) is 15.0 Å². The Bertz CT molecular complexity index is 2640. The number of aromatic nitrogens is 5. The molecule has 0 aliphatic rings. The van der Waals surface area contributed by atoms with E-state index in [1.807, 2.05) is 6.07 Å². The third kappa shape index (κ3) is 4.45. The van der Waals surface area contributed by atoms with Gasteiger partial charge in [0.2, 0.25) is 11.9 Å². The van der Waals surface area contributed by atoms with Gasteiger partial charge in [-0.15, -0.1) is 0 Å². The molecule has 0 amide bonds. The first-order valence-corrected chi connectivity index (χ1v) is 16.8. The summed E-state index contributed by atoms with van der Waals surface area (Å²) < 4.78 is 4.34. The molecule has 0 saturated heterocycles. The molecule has 0 atom stereocenters. The average molecular weight is 640 g/mol. The molecule has 0 radical (unpaired) electrons. The molecule has 7 aromatic carbocycles. The van der Waals surface area contributed by atoms with Crippen molar-refractivity contribution >= 4 is 43.6 Å². The summed E-state index contributed by atoms with van der Waals surface area (Å²) in [6.07, 6.45) is 0. The number of para-hydroxylation sites is 4. The smallest absolute Gasteiger partial charge is 0.240 e. The lowest BCUT2D eigenvalue weighted by Gasteiger charge is -2.15. The van der Waals surface area contributed by atoms with Crippen LogP contribution in [0.2, 0.25) is 0 Å². The second kappa shape index (κ2) is 11.4. The minimum absolute atomic E-state index is 0.567. The van der Waals surface area contributed by atoms with Crippen LogP contribution in [0.1, 0.15) is 0 Å². The summed E-state index contributed by atoms with van der Waals surface area (Å²) in [5, 5.41) is 4.62. The highest BCUT2D eigenvalue weighted by Gasteiger charge is 2.21. The molecule has 0 unspecified atom stereocenters. The van der Waals surface area contributed by atoms with E-state index in [4.69, 9.17) is 15.0 Å². The number of rotatable bonds is 5. The molecule has 5 nitrogen and oxygen atoms in total. The van der Waals surface area contributed by atoms with Crippen molar-refractivity contribution in [3.63, 3.8) is 0 Å². The molecule has 0 spiro atoms. The number of nitrogens with zero attached hydrogens (tertiary/aromatic N) is 5. The lowest BCUT2D eigenvalue weighted by Crippen LogP contribution is -2.10. The monoisotopic (exact) mass is 639 g/mol. The molecule has 0 aliphatic carbocycles. The third-order valence-electron chi connectivity index (χ3n) is 9.62. The van der Waals surface area contributed by atoms with Crippen LogP contribution in [0.4, 0.5) is 0 Å². The van der Waals surface area contributed by atoms with Crippen LogP contribution in [0, 0.1) is 0 Å². The van der Waals surface area contributed by atoms with Crippen molar-refractivity contribution in [2.45, 2.75) is 0 Å². The highest BCUT2D eigenvalue weighted by Crippen LogP contribution is 2.37. The van der Waals surface area contributed by atoms with E-state index in [2.05, 4.69) is 179 Å². The van der Waals surface area contributed by atoms with Crippen LogP contribution in [0.3, 0.4) is 0 Å². The lowest BCUT2D eigenvalue weighted by atomic mass is 9.95. The van der Waals surface area contributed by atoms with Crippen LogP contribution in [-0.4, -0.2) is 24.1 Å². The highest BCUT2D eigenvalue weighted by molar-refractivity contribution is 6.10. The molecule has 10 rings (SSSR count). The van der Waals surface area contributed by atoms with Gasteiger partial charge in [0.05, 0.1) is 22.1 Å². The number of fused-ring (bicyclic) bond motifs is 6. The standard InChI is InChI=1S/C45H29N5/c1-2-15-30(16-3-1)31-17-14-18-32(29-31)33-19-4-5-24-38(33)43-46-44(49-39-25-10-6-20-34(39)35-21-7-11-26-40(35)49)48-45(47-43)50-41-27-12-8-22-36(41)37-23-9-13-28-42(37)50/h1-29H. The Labute approximate surface area is 288 Å². The van der Waals surface area contributed by atoms with Crippen molar-refractivity contribution in [3.05, 3.63) is 176 Å². The Morgan fingerprint density at radius 2 is 0.700 bits per heavy atom. The van der Waals surface area contributed by atoms with Crippen molar-refractivity contribution in [1.29, 1.82) is 0 Å². The van der Waals surface area contributed by atoms with E-state index in [-0.39, 0.29) is 0 Å². The van der Waals surface area contributed by atoms with E-state index >= 15 is 0 Å². The van der Waals surface area contributed by atoms with Gasteiger partial charge in [0.1, 0.15) is 0 Å². The highest BCUT2D eigenvalue weighted by atomic mass is 15.3. The molecule has 3 heterocycles. The van der Waals surface area contributed by atoms with Crippen molar-refractivity contribution in [1.82, 2.24) is 24.1 Å². The SMILES string of the molecule is c1ccc(-c2cccc(-c3ccccc3-c3nc(-n4c5ccccc5c5ccccc54)nc(-n4c5ccccc5c5ccccc54)n3)c2)cc1. The van der Waals surface area contributed by atoms with E-state index in [0.717, 1.165) is 65.9 Å². The predicted molar refractivity (Wildman–Crippen MR) is 205 cm³/mol. The summed E-state index contributed by atoms with van der Waals surface area (Å²) in [6, 6.07) is 61.4. The van der Waals surface area contributed by atoms with Crippen molar-refractivity contribution in [2.24, 2.45) is 0 Å². The zero-order valence-electron chi connectivity index (χ0n) is 27.0. The summed E-state index contributed by atoms with van der Waals surface area (Å²) in [4.78, 5) is 15.9. The van der Waals surface area contributed by atoms with Crippen LogP contribution >= 0.6 is 0 Å². The molecule has 5 heteroatoms. The van der Waals surface area contributed by atoms with Crippen molar-refractivity contribution < 1.29 is 0 Å². The number of hydrogen-bond acceptors (Lipinski definition) is 3. The van der Waals surface area contributed by atoms with Gasteiger partial charge in [0, 0.05) is 27.1 Å². The fourth-order valence-electron chi connectivity index (χ4n) is 7.38. The van der Waals surface area contributed by atoms with Crippen LogP contribution in [0.25, 0.3) is 89.2 Å². The Morgan fingerprint density at radius 1 is 0.300 bits per heavy atom. The molecule has 50 heavy (non-hydrogen) atoms.